The molecular weight excluding hydrogens is 204 g/mol. The molecule has 0 aliphatic carbocycles. The fourth-order valence-corrected chi connectivity index (χ4v) is 1.54. The average Bonchev–Trinajstić information content (AvgIpc) is 2.24. The smallest absolute Gasteiger partial charge is 0.276 e. The van der Waals surface area contributed by atoms with Gasteiger partial charge in [0.2, 0.25) is 0 Å². The maximum Gasteiger partial charge on any atom is 0.351 e. The van der Waals surface area contributed by atoms with E-state index in [4.69, 9.17) is 0 Å². The SMILES string of the molecule is CN1C(=O)c2ccccc2C(F)(F)C1=O. The molecule has 1 aliphatic rings. The van der Waals surface area contributed by atoms with Crippen molar-refractivity contribution in [3.63, 3.8) is 0 Å². The molecule has 3 nitrogen and oxygen atoms in total. The molecule has 0 saturated carbocycles. The molecule has 0 saturated heterocycles. The van der Waals surface area contributed by atoms with Gasteiger partial charge in [-0.25, -0.2) is 0 Å². The lowest BCUT2D eigenvalue weighted by Gasteiger charge is -2.29. The molecule has 5 heteroatoms. The van der Waals surface area contributed by atoms with Crippen molar-refractivity contribution in [2.45, 2.75) is 5.92 Å². The minimum atomic E-state index is -3.61. The zero-order chi connectivity index (χ0) is 11.2. The van der Waals surface area contributed by atoms with Crippen LogP contribution in [0.4, 0.5) is 8.78 Å². The van der Waals surface area contributed by atoms with Crippen LogP contribution in [0.5, 0.6) is 0 Å². The van der Waals surface area contributed by atoms with Gasteiger partial charge in [0.15, 0.2) is 0 Å². The summed E-state index contributed by atoms with van der Waals surface area (Å²) in [5.41, 5.74) is -0.636. The number of carbonyl (C=O) groups is 2. The first-order valence-corrected chi connectivity index (χ1v) is 4.26. The molecule has 78 valence electrons. The molecule has 0 radical (unpaired) electrons. The van der Waals surface area contributed by atoms with E-state index < -0.39 is 23.3 Å². The molecule has 2 amide bonds. The Morgan fingerprint density at radius 1 is 1.20 bits per heavy atom. The molecule has 0 aromatic heterocycles. The van der Waals surface area contributed by atoms with Gasteiger partial charge in [0.25, 0.3) is 5.91 Å². The molecule has 2 rings (SSSR count). The maximum absolute atomic E-state index is 13.5. The van der Waals surface area contributed by atoms with Crippen molar-refractivity contribution in [1.82, 2.24) is 4.90 Å². The number of likely N-dealkylation sites (N-methyl/N-ethyl adjacent to an activating group) is 1. The number of imide groups is 1. The van der Waals surface area contributed by atoms with E-state index in [-0.39, 0.29) is 5.56 Å². The zero-order valence-corrected chi connectivity index (χ0v) is 7.83. The van der Waals surface area contributed by atoms with Crippen LogP contribution in [0.1, 0.15) is 15.9 Å². The second-order valence-corrected chi connectivity index (χ2v) is 3.29. The summed E-state index contributed by atoms with van der Waals surface area (Å²) < 4.78 is 26.9. The highest BCUT2D eigenvalue weighted by Crippen LogP contribution is 2.36. The Hall–Kier alpha value is -1.78. The van der Waals surface area contributed by atoms with E-state index in [0.717, 1.165) is 13.1 Å². The topological polar surface area (TPSA) is 37.4 Å². The van der Waals surface area contributed by atoms with Gasteiger partial charge in [-0.15, -0.1) is 0 Å². The first-order valence-electron chi connectivity index (χ1n) is 4.26. The van der Waals surface area contributed by atoms with E-state index >= 15 is 0 Å². The second kappa shape index (κ2) is 2.85. The van der Waals surface area contributed by atoms with Crippen LogP contribution < -0.4 is 0 Å². The van der Waals surface area contributed by atoms with Crippen molar-refractivity contribution >= 4 is 11.8 Å². The third-order valence-electron chi connectivity index (χ3n) is 2.37. The van der Waals surface area contributed by atoms with Crippen molar-refractivity contribution in [3.8, 4) is 0 Å². The molecule has 1 aromatic rings. The van der Waals surface area contributed by atoms with E-state index in [1.165, 1.54) is 18.2 Å². The summed E-state index contributed by atoms with van der Waals surface area (Å²) in [6.07, 6.45) is 0. The highest BCUT2D eigenvalue weighted by molar-refractivity contribution is 6.11. The molecule has 15 heavy (non-hydrogen) atoms. The van der Waals surface area contributed by atoms with E-state index in [9.17, 15) is 18.4 Å². The number of rotatable bonds is 0. The highest BCUT2D eigenvalue weighted by atomic mass is 19.3. The van der Waals surface area contributed by atoms with Gasteiger partial charge < -0.3 is 0 Å². The van der Waals surface area contributed by atoms with Crippen LogP contribution in [-0.2, 0) is 10.7 Å². The molecule has 0 atom stereocenters. The summed E-state index contributed by atoms with van der Waals surface area (Å²) in [7, 11) is 1.05. The van der Waals surface area contributed by atoms with Crippen molar-refractivity contribution in [2.24, 2.45) is 0 Å². The number of fused-ring (bicyclic) bond motifs is 1. The van der Waals surface area contributed by atoms with Crippen LogP contribution in [0, 0.1) is 0 Å². The summed E-state index contributed by atoms with van der Waals surface area (Å²) >= 11 is 0. The predicted molar refractivity (Wildman–Crippen MR) is 47.4 cm³/mol. The number of carbonyl (C=O) groups excluding carboxylic acids is 2. The Morgan fingerprint density at radius 2 is 1.80 bits per heavy atom. The predicted octanol–water partition coefficient (Wildman–Crippen LogP) is 1.39. The minimum absolute atomic E-state index is 0.121. The summed E-state index contributed by atoms with van der Waals surface area (Å²) in [5.74, 6) is -5.79. The molecule has 0 bridgehead atoms. The van der Waals surface area contributed by atoms with Gasteiger partial charge in [0.05, 0.1) is 0 Å². The standard InChI is InChI=1S/C10H7F2NO2/c1-13-8(14)6-4-2-3-5-7(6)10(11,12)9(13)15/h2-5H,1H3. The fourth-order valence-electron chi connectivity index (χ4n) is 1.54. The number of halogens is 2. The van der Waals surface area contributed by atoms with Gasteiger partial charge in [0.1, 0.15) is 0 Å². The summed E-state index contributed by atoms with van der Waals surface area (Å²) in [6.45, 7) is 0. The highest BCUT2D eigenvalue weighted by Gasteiger charge is 2.50. The monoisotopic (exact) mass is 211 g/mol. The number of nitrogens with zero attached hydrogens (tertiary/aromatic N) is 1. The molecule has 1 heterocycles. The number of benzene rings is 1. The molecule has 0 spiro atoms. The van der Waals surface area contributed by atoms with Gasteiger partial charge in [0, 0.05) is 18.2 Å². The number of alkyl halides is 2. The summed E-state index contributed by atoms with van der Waals surface area (Å²) in [6, 6.07) is 5.24. The van der Waals surface area contributed by atoms with Crippen molar-refractivity contribution in [1.29, 1.82) is 0 Å². The normalized spacial score (nSPS) is 19.0. The van der Waals surface area contributed by atoms with E-state index in [1.54, 1.807) is 0 Å². The molecule has 0 unspecified atom stereocenters. The largest absolute Gasteiger partial charge is 0.351 e. The van der Waals surface area contributed by atoms with Crippen LogP contribution in [0.15, 0.2) is 24.3 Å². The number of hydrogen-bond donors (Lipinski definition) is 0. The lowest BCUT2D eigenvalue weighted by molar-refractivity contribution is -0.156. The Labute approximate surface area is 84.3 Å². The van der Waals surface area contributed by atoms with Crippen LogP contribution in [-0.4, -0.2) is 23.8 Å². The lowest BCUT2D eigenvalue weighted by atomic mass is 9.96. The van der Waals surface area contributed by atoms with Gasteiger partial charge >= 0.3 is 11.8 Å². The summed E-state index contributed by atoms with van der Waals surface area (Å²) in [5, 5.41) is 0. The number of amides is 2. The van der Waals surface area contributed by atoms with Crippen molar-refractivity contribution in [3.05, 3.63) is 35.4 Å². The van der Waals surface area contributed by atoms with E-state index in [0.29, 0.717) is 4.90 Å². The second-order valence-electron chi connectivity index (χ2n) is 3.29. The molecule has 0 N–H and O–H groups in total. The van der Waals surface area contributed by atoms with Crippen molar-refractivity contribution in [2.75, 3.05) is 7.05 Å². The fraction of sp³-hybridized carbons (Fsp3) is 0.200. The first-order chi connectivity index (χ1) is 6.96. The van der Waals surface area contributed by atoms with Crippen LogP contribution in [0.3, 0.4) is 0 Å². The van der Waals surface area contributed by atoms with Gasteiger partial charge in [-0.1, -0.05) is 18.2 Å². The van der Waals surface area contributed by atoms with Crippen LogP contribution in [0.25, 0.3) is 0 Å². The minimum Gasteiger partial charge on any atom is -0.276 e. The third-order valence-corrected chi connectivity index (χ3v) is 2.37. The molecule has 1 aliphatic heterocycles. The van der Waals surface area contributed by atoms with Gasteiger partial charge in [-0.05, 0) is 6.07 Å². The molecule has 0 fully saturated rings. The van der Waals surface area contributed by atoms with Crippen LogP contribution in [0.2, 0.25) is 0 Å². The van der Waals surface area contributed by atoms with Gasteiger partial charge in [-0.3, -0.25) is 14.5 Å². The van der Waals surface area contributed by atoms with Crippen molar-refractivity contribution < 1.29 is 18.4 Å². The number of hydrogen-bond acceptors (Lipinski definition) is 2. The Balaban J connectivity index is 2.72. The van der Waals surface area contributed by atoms with E-state index in [1.807, 2.05) is 0 Å². The Kier molecular flexibility index (Phi) is 1.86. The Bertz CT molecular complexity index is 456. The van der Waals surface area contributed by atoms with E-state index in [2.05, 4.69) is 0 Å². The third kappa shape index (κ3) is 1.16. The summed E-state index contributed by atoms with van der Waals surface area (Å²) in [4.78, 5) is 23.1. The quantitative estimate of drug-likeness (QED) is 0.608. The maximum atomic E-state index is 13.5. The van der Waals surface area contributed by atoms with Gasteiger partial charge in [-0.2, -0.15) is 8.78 Å². The van der Waals surface area contributed by atoms with Crippen LogP contribution >= 0.6 is 0 Å². The molecular formula is C10H7F2NO2. The average molecular weight is 211 g/mol. The lowest BCUT2D eigenvalue weighted by Crippen LogP contribution is -2.48. The zero-order valence-electron chi connectivity index (χ0n) is 7.83. The molecule has 1 aromatic carbocycles. The first kappa shape index (κ1) is 9.76. The Morgan fingerprint density at radius 3 is 2.47 bits per heavy atom.